The fraction of sp³-hybridized carbons (Fsp3) is 0.600. The van der Waals surface area contributed by atoms with Crippen molar-refractivity contribution in [2.45, 2.75) is 44.5 Å². The van der Waals surface area contributed by atoms with Gasteiger partial charge in [0.1, 0.15) is 0 Å². The summed E-state index contributed by atoms with van der Waals surface area (Å²) in [6.07, 6.45) is 2.72. The summed E-state index contributed by atoms with van der Waals surface area (Å²) in [6, 6.07) is 6.71. The first kappa shape index (κ1) is 13.1. The van der Waals surface area contributed by atoms with Crippen molar-refractivity contribution >= 4 is 15.9 Å². The van der Waals surface area contributed by atoms with Crippen LogP contribution in [0.1, 0.15) is 30.0 Å². The molecular weight excluding hydrogens is 276 g/mol. The number of ether oxygens (including phenoxy) is 1. The Balaban J connectivity index is 2.02. The van der Waals surface area contributed by atoms with Gasteiger partial charge in [-0.1, -0.05) is 39.7 Å². The number of alkyl halides is 1. The number of rotatable bonds is 3. The van der Waals surface area contributed by atoms with Gasteiger partial charge in [-0.05, 0) is 50.7 Å². The lowest BCUT2D eigenvalue weighted by molar-refractivity contribution is 0.120. The minimum atomic E-state index is 0.429. The second kappa shape index (κ2) is 5.53. The van der Waals surface area contributed by atoms with Crippen molar-refractivity contribution in [2.75, 3.05) is 6.61 Å². The molecule has 1 fully saturated rings. The van der Waals surface area contributed by atoms with Crippen LogP contribution in [-0.2, 0) is 11.2 Å². The van der Waals surface area contributed by atoms with Crippen molar-refractivity contribution in [1.29, 1.82) is 0 Å². The molecule has 0 aromatic heterocycles. The van der Waals surface area contributed by atoms with E-state index < -0.39 is 0 Å². The largest absolute Gasteiger partial charge is 0.378 e. The fourth-order valence-corrected chi connectivity index (χ4v) is 3.22. The van der Waals surface area contributed by atoms with Gasteiger partial charge in [0.25, 0.3) is 0 Å². The summed E-state index contributed by atoms with van der Waals surface area (Å²) in [5, 5.41) is 0. The smallest absolute Gasteiger partial charge is 0.0551 e. The maximum atomic E-state index is 5.65. The Morgan fingerprint density at radius 2 is 2.18 bits per heavy atom. The highest BCUT2D eigenvalue weighted by atomic mass is 79.9. The molecule has 17 heavy (non-hydrogen) atoms. The lowest BCUT2D eigenvalue weighted by atomic mass is 9.94. The highest BCUT2D eigenvalue weighted by Crippen LogP contribution is 2.29. The SMILES string of the molecule is Cc1ccc(C)c(CC(Br)C2COC(C)C2)c1. The summed E-state index contributed by atoms with van der Waals surface area (Å²) in [6.45, 7) is 7.43. The standard InChI is InChI=1S/C15H21BrO/c1-10-4-5-11(2)13(6-10)8-15(16)14-7-12(3)17-9-14/h4-6,12,14-15H,7-9H2,1-3H3. The molecule has 1 heterocycles. The second-order valence-electron chi connectivity index (χ2n) is 5.29. The fourth-order valence-electron chi connectivity index (χ4n) is 2.50. The molecule has 2 heteroatoms. The Labute approximate surface area is 113 Å². The Kier molecular flexibility index (Phi) is 4.26. The van der Waals surface area contributed by atoms with Crippen molar-refractivity contribution in [3.8, 4) is 0 Å². The van der Waals surface area contributed by atoms with Crippen LogP contribution in [0, 0.1) is 19.8 Å². The highest BCUT2D eigenvalue weighted by molar-refractivity contribution is 9.09. The second-order valence-corrected chi connectivity index (χ2v) is 6.47. The molecule has 3 atom stereocenters. The maximum absolute atomic E-state index is 5.65. The van der Waals surface area contributed by atoms with Crippen molar-refractivity contribution in [3.05, 3.63) is 34.9 Å². The molecule has 3 unspecified atom stereocenters. The van der Waals surface area contributed by atoms with Gasteiger partial charge >= 0.3 is 0 Å². The van der Waals surface area contributed by atoms with E-state index in [2.05, 4.69) is 54.9 Å². The molecule has 0 saturated carbocycles. The summed E-state index contributed by atoms with van der Waals surface area (Å²) in [5.74, 6) is 0.657. The molecule has 1 aliphatic heterocycles. The topological polar surface area (TPSA) is 9.23 Å². The molecule has 1 aromatic carbocycles. The van der Waals surface area contributed by atoms with E-state index in [1.807, 2.05) is 0 Å². The third kappa shape index (κ3) is 3.32. The van der Waals surface area contributed by atoms with E-state index in [-0.39, 0.29) is 0 Å². The van der Waals surface area contributed by atoms with E-state index in [1.165, 1.54) is 23.1 Å². The molecule has 1 aliphatic rings. The summed E-state index contributed by atoms with van der Waals surface area (Å²) in [7, 11) is 0. The first-order valence-electron chi connectivity index (χ1n) is 6.38. The zero-order valence-electron chi connectivity index (χ0n) is 10.9. The molecule has 0 spiro atoms. The Bertz CT molecular complexity index is 389. The van der Waals surface area contributed by atoms with E-state index in [0.717, 1.165) is 13.0 Å². The number of hydrogen-bond acceptors (Lipinski definition) is 1. The Morgan fingerprint density at radius 3 is 2.82 bits per heavy atom. The number of aryl methyl sites for hydroxylation is 2. The van der Waals surface area contributed by atoms with E-state index in [1.54, 1.807) is 0 Å². The summed E-state index contributed by atoms with van der Waals surface area (Å²) >= 11 is 3.85. The summed E-state index contributed by atoms with van der Waals surface area (Å²) in [5.41, 5.74) is 4.21. The summed E-state index contributed by atoms with van der Waals surface area (Å²) in [4.78, 5) is 0.535. The van der Waals surface area contributed by atoms with Gasteiger partial charge in [0.2, 0.25) is 0 Å². The molecule has 94 valence electrons. The molecule has 0 bridgehead atoms. The Morgan fingerprint density at radius 1 is 1.41 bits per heavy atom. The molecule has 0 N–H and O–H groups in total. The molecule has 0 amide bonds. The van der Waals surface area contributed by atoms with E-state index in [9.17, 15) is 0 Å². The molecule has 1 nitrogen and oxygen atoms in total. The third-order valence-electron chi connectivity index (χ3n) is 3.66. The number of benzene rings is 1. The van der Waals surface area contributed by atoms with Crippen LogP contribution in [0.4, 0.5) is 0 Å². The lowest BCUT2D eigenvalue weighted by Gasteiger charge is -2.17. The van der Waals surface area contributed by atoms with Gasteiger partial charge in [-0.25, -0.2) is 0 Å². The van der Waals surface area contributed by atoms with E-state index in [0.29, 0.717) is 16.8 Å². The first-order chi connectivity index (χ1) is 8.06. The van der Waals surface area contributed by atoms with Crippen molar-refractivity contribution < 1.29 is 4.74 Å². The van der Waals surface area contributed by atoms with Crippen LogP contribution in [0.3, 0.4) is 0 Å². The van der Waals surface area contributed by atoms with Crippen LogP contribution < -0.4 is 0 Å². The minimum Gasteiger partial charge on any atom is -0.378 e. The summed E-state index contributed by atoms with van der Waals surface area (Å²) < 4.78 is 5.65. The number of hydrogen-bond donors (Lipinski definition) is 0. The van der Waals surface area contributed by atoms with Gasteiger partial charge < -0.3 is 4.74 Å². The van der Waals surface area contributed by atoms with E-state index >= 15 is 0 Å². The average molecular weight is 297 g/mol. The van der Waals surface area contributed by atoms with Gasteiger partial charge in [-0.15, -0.1) is 0 Å². The minimum absolute atomic E-state index is 0.429. The van der Waals surface area contributed by atoms with Crippen LogP contribution in [0.25, 0.3) is 0 Å². The molecule has 1 aromatic rings. The predicted molar refractivity (Wildman–Crippen MR) is 75.9 cm³/mol. The van der Waals surface area contributed by atoms with Crippen molar-refractivity contribution in [1.82, 2.24) is 0 Å². The number of halogens is 1. The lowest BCUT2D eigenvalue weighted by Crippen LogP contribution is -2.17. The van der Waals surface area contributed by atoms with E-state index in [4.69, 9.17) is 4.74 Å². The third-order valence-corrected chi connectivity index (χ3v) is 4.73. The zero-order valence-corrected chi connectivity index (χ0v) is 12.5. The molecule has 2 rings (SSSR count). The zero-order chi connectivity index (χ0) is 12.4. The van der Waals surface area contributed by atoms with Crippen LogP contribution >= 0.6 is 15.9 Å². The van der Waals surface area contributed by atoms with Crippen LogP contribution in [-0.4, -0.2) is 17.5 Å². The predicted octanol–water partition coefficient (Wildman–Crippen LogP) is 4.03. The van der Waals surface area contributed by atoms with Crippen LogP contribution in [0.15, 0.2) is 18.2 Å². The molecular formula is C15H21BrO. The van der Waals surface area contributed by atoms with Crippen LogP contribution in [0.5, 0.6) is 0 Å². The monoisotopic (exact) mass is 296 g/mol. The van der Waals surface area contributed by atoms with Crippen LogP contribution in [0.2, 0.25) is 0 Å². The highest BCUT2D eigenvalue weighted by Gasteiger charge is 2.28. The van der Waals surface area contributed by atoms with Gasteiger partial charge in [0, 0.05) is 4.83 Å². The van der Waals surface area contributed by atoms with Gasteiger partial charge in [-0.3, -0.25) is 0 Å². The van der Waals surface area contributed by atoms with Gasteiger partial charge in [0.05, 0.1) is 12.7 Å². The van der Waals surface area contributed by atoms with Gasteiger partial charge in [-0.2, -0.15) is 0 Å². The normalized spacial score (nSPS) is 26.1. The average Bonchev–Trinajstić information content (AvgIpc) is 2.70. The quantitative estimate of drug-likeness (QED) is 0.765. The molecule has 0 aliphatic carbocycles. The molecule has 1 saturated heterocycles. The Hall–Kier alpha value is -0.340. The van der Waals surface area contributed by atoms with Gasteiger partial charge in [0.15, 0.2) is 0 Å². The first-order valence-corrected chi connectivity index (χ1v) is 7.29. The van der Waals surface area contributed by atoms with Crippen molar-refractivity contribution in [2.24, 2.45) is 5.92 Å². The molecule has 0 radical (unpaired) electrons. The van der Waals surface area contributed by atoms with Crippen molar-refractivity contribution in [3.63, 3.8) is 0 Å². The maximum Gasteiger partial charge on any atom is 0.0551 e.